The van der Waals surface area contributed by atoms with Gasteiger partial charge in [0.25, 0.3) is 0 Å². The van der Waals surface area contributed by atoms with E-state index in [1.807, 2.05) is 24.3 Å². The molecule has 0 amide bonds. The second-order valence-corrected chi connectivity index (χ2v) is 3.86. The molecule has 82 valence electrons. The third kappa shape index (κ3) is 3.29. The molecular formula is C12H12ClN3. The van der Waals surface area contributed by atoms with Crippen LogP contribution < -0.4 is 5.32 Å². The van der Waals surface area contributed by atoms with Crippen molar-refractivity contribution in [1.82, 2.24) is 15.3 Å². The fourth-order valence-electron chi connectivity index (χ4n) is 1.35. The monoisotopic (exact) mass is 233 g/mol. The second-order valence-electron chi connectivity index (χ2n) is 3.43. The van der Waals surface area contributed by atoms with Crippen LogP contribution in [0.3, 0.4) is 0 Å². The van der Waals surface area contributed by atoms with E-state index < -0.39 is 0 Å². The molecule has 0 atom stereocenters. The van der Waals surface area contributed by atoms with Crippen LogP contribution in [0, 0.1) is 0 Å². The van der Waals surface area contributed by atoms with Gasteiger partial charge in [-0.3, -0.25) is 9.97 Å². The summed E-state index contributed by atoms with van der Waals surface area (Å²) >= 11 is 5.75. The Morgan fingerprint density at radius 2 is 1.88 bits per heavy atom. The van der Waals surface area contributed by atoms with E-state index in [1.165, 1.54) is 5.56 Å². The van der Waals surface area contributed by atoms with Gasteiger partial charge >= 0.3 is 0 Å². The van der Waals surface area contributed by atoms with Gasteiger partial charge in [-0.25, -0.2) is 0 Å². The van der Waals surface area contributed by atoms with Crippen molar-refractivity contribution in [3.05, 3.63) is 59.1 Å². The normalized spacial score (nSPS) is 10.3. The molecule has 0 radical (unpaired) electrons. The van der Waals surface area contributed by atoms with Gasteiger partial charge in [-0.1, -0.05) is 11.6 Å². The highest BCUT2D eigenvalue weighted by Crippen LogP contribution is 2.06. The van der Waals surface area contributed by atoms with Crippen LogP contribution in [0.5, 0.6) is 0 Å². The van der Waals surface area contributed by atoms with Gasteiger partial charge < -0.3 is 5.32 Å². The maximum atomic E-state index is 5.75. The van der Waals surface area contributed by atoms with Crippen LogP contribution in [0.1, 0.15) is 11.3 Å². The molecule has 0 saturated carbocycles. The second kappa shape index (κ2) is 5.58. The van der Waals surface area contributed by atoms with Crippen molar-refractivity contribution in [3.63, 3.8) is 0 Å². The minimum atomic E-state index is 0.665. The van der Waals surface area contributed by atoms with Gasteiger partial charge in [-0.2, -0.15) is 0 Å². The number of aromatic nitrogens is 2. The summed E-state index contributed by atoms with van der Waals surface area (Å²) in [5.74, 6) is 0. The molecule has 0 aliphatic carbocycles. The van der Waals surface area contributed by atoms with E-state index in [2.05, 4.69) is 15.3 Å². The lowest BCUT2D eigenvalue weighted by molar-refractivity contribution is 0.679. The van der Waals surface area contributed by atoms with Crippen LogP contribution in [-0.2, 0) is 13.1 Å². The van der Waals surface area contributed by atoms with Gasteiger partial charge in [-0.15, -0.1) is 0 Å². The molecule has 0 unspecified atom stereocenters. The molecule has 0 aromatic carbocycles. The number of halogens is 1. The minimum Gasteiger partial charge on any atom is -0.307 e. The topological polar surface area (TPSA) is 37.8 Å². The average molecular weight is 234 g/mol. The molecule has 0 spiro atoms. The van der Waals surface area contributed by atoms with E-state index in [-0.39, 0.29) is 0 Å². The zero-order valence-corrected chi connectivity index (χ0v) is 9.48. The highest BCUT2D eigenvalue weighted by molar-refractivity contribution is 6.30. The van der Waals surface area contributed by atoms with Crippen LogP contribution >= 0.6 is 11.6 Å². The number of hydrogen-bond acceptors (Lipinski definition) is 3. The van der Waals surface area contributed by atoms with E-state index in [9.17, 15) is 0 Å². The quantitative estimate of drug-likeness (QED) is 0.882. The maximum Gasteiger partial charge on any atom is 0.0589 e. The number of nitrogens with one attached hydrogen (secondary N) is 1. The van der Waals surface area contributed by atoms with Crippen LogP contribution in [0.25, 0.3) is 0 Å². The Kier molecular flexibility index (Phi) is 3.86. The molecule has 2 aromatic rings. The van der Waals surface area contributed by atoms with Gasteiger partial charge in [-0.05, 0) is 29.8 Å². The third-order valence-corrected chi connectivity index (χ3v) is 2.40. The first-order chi connectivity index (χ1) is 7.84. The Bertz CT molecular complexity index is 428. The molecule has 2 heterocycles. The zero-order chi connectivity index (χ0) is 11.2. The van der Waals surface area contributed by atoms with E-state index in [1.54, 1.807) is 18.6 Å². The highest BCUT2D eigenvalue weighted by atomic mass is 35.5. The van der Waals surface area contributed by atoms with Crippen molar-refractivity contribution in [2.75, 3.05) is 0 Å². The Labute approximate surface area is 99.5 Å². The molecule has 0 bridgehead atoms. The minimum absolute atomic E-state index is 0.665. The fourth-order valence-corrected chi connectivity index (χ4v) is 1.46. The standard InChI is InChI=1S/C12H12ClN3/c13-11-1-2-12(16-8-11)9-15-7-10-3-5-14-6-4-10/h1-6,8,15H,7,9H2. The summed E-state index contributed by atoms with van der Waals surface area (Å²) in [7, 11) is 0. The van der Waals surface area contributed by atoms with Gasteiger partial charge in [0.1, 0.15) is 0 Å². The Balaban J connectivity index is 1.82. The lowest BCUT2D eigenvalue weighted by Gasteiger charge is -2.04. The Morgan fingerprint density at radius 3 is 2.56 bits per heavy atom. The first-order valence-corrected chi connectivity index (χ1v) is 5.42. The molecule has 1 N–H and O–H groups in total. The molecule has 2 rings (SSSR count). The summed E-state index contributed by atoms with van der Waals surface area (Å²) in [6, 6.07) is 7.74. The lowest BCUT2D eigenvalue weighted by atomic mass is 10.2. The first kappa shape index (κ1) is 11.0. The van der Waals surface area contributed by atoms with Gasteiger partial charge in [0, 0.05) is 31.7 Å². The summed E-state index contributed by atoms with van der Waals surface area (Å²) in [4.78, 5) is 8.17. The summed E-state index contributed by atoms with van der Waals surface area (Å²) in [6.07, 6.45) is 5.24. The van der Waals surface area contributed by atoms with Crippen molar-refractivity contribution >= 4 is 11.6 Å². The summed E-state index contributed by atoms with van der Waals surface area (Å²) in [5, 5.41) is 3.97. The number of nitrogens with zero attached hydrogens (tertiary/aromatic N) is 2. The van der Waals surface area contributed by atoms with Gasteiger partial charge in [0.05, 0.1) is 10.7 Å². The van der Waals surface area contributed by atoms with E-state index in [4.69, 9.17) is 11.6 Å². The van der Waals surface area contributed by atoms with Crippen molar-refractivity contribution < 1.29 is 0 Å². The summed E-state index contributed by atoms with van der Waals surface area (Å²) in [5.41, 5.74) is 2.20. The Hall–Kier alpha value is -1.45. The van der Waals surface area contributed by atoms with Crippen LogP contribution in [-0.4, -0.2) is 9.97 Å². The van der Waals surface area contributed by atoms with Crippen molar-refractivity contribution in [2.24, 2.45) is 0 Å². The number of rotatable bonds is 4. The van der Waals surface area contributed by atoms with Gasteiger partial charge in [0.15, 0.2) is 0 Å². The molecule has 0 fully saturated rings. The molecule has 0 aliphatic heterocycles. The lowest BCUT2D eigenvalue weighted by Crippen LogP contribution is -2.13. The third-order valence-electron chi connectivity index (χ3n) is 2.17. The smallest absolute Gasteiger partial charge is 0.0589 e. The zero-order valence-electron chi connectivity index (χ0n) is 8.73. The van der Waals surface area contributed by atoms with E-state index in [0.29, 0.717) is 5.02 Å². The number of hydrogen-bond donors (Lipinski definition) is 1. The summed E-state index contributed by atoms with van der Waals surface area (Å²) < 4.78 is 0. The average Bonchev–Trinajstić information content (AvgIpc) is 2.33. The maximum absolute atomic E-state index is 5.75. The largest absolute Gasteiger partial charge is 0.307 e. The van der Waals surface area contributed by atoms with E-state index in [0.717, 1.165) is 18.8 Å². The first-order valence-electron chi connectivity index (χ1n) is 5.04. The highest BCUT2D eigenvalue weighted by Gasteiger charge is 1.95. The predicted molar refractivity (Wildman–Crippen MR) is 64.0 cm³/mol. The van der Waals surface area contributed by atoms with Crippen molar-refractivity contribution in [3.8, 4) is 0 Å². The molecule has 4 heteroatoms. The molecular weight excluding hydrogens is 222 g/mol. The SMILES string of the molecule is Clc1ccc(CNCc2ccncc2)nc1. The van der Waals surface area contributed by atoms with Gasteiger partial charge in [0.2, 0.25) is 0 Å². The van der Waals surface area contributed by atoms with Crippen molar-refractivity contribution in [1.29, 1.82) is 0 Å². The molecule has 0 saturated heterocycles. The van der Waals surface area contributed by atoms with Crippen LogP contribution in [0.2, 0.25) is 5.02 Å². The Morgan fingerprint density at radius 1 is 1.06 bits per heavy atom. The fraction of sp³-hybridized carbons (Fsp3) is 0.167. The predicted octanol–water partition coefficient (Wildman–Crippen LogP) is 2.42. The molecule has 16 heavy (non-hydrogen) atoms. The molecule has 3 nitrogen and oxygen atoms in total. The number of pyridine rings is 2. The van der Waals surface area contributed by atoms with Crippen LogP contribution in [0.4, 0.5) is 0 Å². The van der Waals surface area contributed by atoms with E-state index >= 15 is 0 Å². The molecule has 0 aliphatic rings. The van der Waals surface area contributed by atoms with Crippen molar-refractivity contribution in [2.45, 2.75) is 13.1 Å². The molecule has 2 aromatic heterocycles. The summed E-state index contributed by atoms with van der Waals surface area (Å²) in [6.45, 7) is 1.55. The van der Waals surface area contributed by atoms with Crippen LogP contribution in [0.15, 0.2) is 42.9 Å².